The quantitative estimate of drug-likeness (QED) is 0.875. The van der Waals surface area contributed by atoms with Crippen LogP contribution < -0.4 is 5.73 Å². The van der Waals surface area contributed by atoms with Crippen LogP contribution in [0.5, 0.6) is 0 Å². The highest BCUT2D eigenvalue weighted by Gasteiger charge is 2.18. The number of hydrogen-bond acceptors (Lipinski definition) is 3. The van der Waals surface area contributed by atoms with Crippen LogP contribution in [-0.2, 0) is 0 Å². The molecule has 2 aromatic rings. The van der Waals surface area contributed by atoms with E-state index in [9.17, 15) is 4.79 Å². The van der Waals surface area contributed by atoms with Gasteiger partial charge < -0.3 is 15.1 Å². The lowest BCUT2D eigenvalue weighted by molar-refractivity contribution is 0.0770. The molecule has 0 saturated carbocycles. The predicted octanol–water partition coefficient (Wildman–Crippen LogP) is 1.85. The molecular formula is C13H16N2O2. The van der Waals surface area contributed by atoms with E-state index in [1.54, 1.807) is 4.90 Å². The largest absolute Gasteiger partial charge is 0.463 e. The highest BCUT2D eigenvalue weighted by Crippen LogP contribution is 2.21. The first-order valence-electron chi connectivity index (χ1n) is 5.73. The molecule has 4 heteroatoms. The van der Waals surface area contributed by atoms with Gasteiger partial charge in [0.05, 0.1) is 5.56 Å². The summed E-state index contributed by atoms with van der Waals surface area (Å²) in [5.41, 5.74) is 6.83. The monoisotopic (exact) mass is 232 g/mol. The number of rotatable bonds is 4. The summed E-state index contributed by atoms with van der Waals surface area (Å²) < 4.78 is 5.36. The molecule has 0 aliphatic rings. The van der Waals surface area contributed by atoms with Crippen LogP contribution in [0.4, 0.5) is 0 Å². The van der Waals surface area contributed by atoms with Gasteiger partial charge in [-0.1, -0.05) is 18.2 Å². The standard InChI is InChI=1S/C13H16N2O2/c1-2-15(8-7-14)13(16)11-9-17-12-6-4-3-5-10(11)12/h3-6,9H,2,7-8,14H2,1H3. The van der Waals surface area contributed by atoms with Crippen LogP contribution in [-0.4, -0.2) is 30.4 Å². The number of furan rings is 1. The maximum absolute atomic E-state index is 12.3. The Hall–Kier alpha value is -1.81. The van der Waals surface area contributed by atoms with Crippen molar-refractivity contribution in [2.24, 2.45) is 5.73 Å². The van der Waals surface area contributed by atoms with Crippen molar-refractivity contribution in [2.45, 2.75) is 6.92 Å². The van der Waals surface area contributed by atoms with Gasteiger partial charge in [-0.15, -0.1) is 0 Å². The molecule has 0 fully saturated rings. The fourth-order valence-corrected chi connectivity index (χ4v) is 1.87. The van der Waals surface area contributed by atoms with Crippen LogP contribution in [0.15, 0.2) is 34.9 Å². The zero-order valence-corrected chi connectivity index (χ0v) is 9.85. The number of amides is 1. The van der Waals surface area contributed by atoms with Crippen molar-refractivity contribution in [2.75, 3.05) is 19.6 Å². The molecule has 90 valence electrons. The normalized spacial score (nSPS) is 10.7. The lowest BCUT2D eigenvalue weighted by atomic mass is 10.1. The Balaban J connectivity index is 2.36. The van der Waals surface area contributed by atoms with Gasteiger partial charge in [-0.25, -0.2) is 0 Å². The van der Waals surface area contributed by atoms with Crippen LogP contribution in [0.25, 0.3) is 11.0 Å². The first kappa shape index (κ1) is 11.7. The first-order valence-corrected chi connectivity index (χ1v) is 5.73. The molecule has 0 aliphatic heterocycles. The highest BCUT2D eigenvalue weighted by molar-refractivity contribution is 6.05. The average molecular weight is 232 g/mol. The highest BCUT2D eigenvalue weighted by atomic mass is 16.3. The first-order chi connectivity index (χ1) is 8.27. The van der Waals surface area contributed by atoms with Crippen LogP contribution in [0.1, 0.15) is 17.3 Å². The Kier molecular flexibility index (Phi) is 3.44. The van der Waals surface area contributed by atoms with Gasteiger partial charge in [-0.2, -0.15) is 0 Å². The summed E-state index contributed by atoms with van der Waals surface area (Å²) in [6.45, 7) is 3.62. The lowest BCUT2D eigenvalue weighted by Crippen LogP contribution is -2.35. The molecule has 0 radical (unpaired) electrons. The van der Waals surface area contributed by atoms with Crippen molar-refractivity contribution in [3.63, 3.8) is 0 Å². The summed E-state index contributed by atoms with van der Waals surface area (Å²) >= 11 is 0. The van der Waals surface area contributed by atoms with Crippen molar-refractivity contribution < 1.29 is 9.21 Å². The average Bonchev–Trinajstić information content (AvgIpc) is 2.79. The van der Waals surface area contributed by atoms with Crippen molar-refractivity contribution in [3.8, 4) is 0 Å². The second-order valence-electron chi connectivity index (χ2n) is 3.82. The van der Waals surface area contributed by atoms with Gasteiger partial charge in [-0.05, 0) is 13.0 Å². The predicted molar refractivity (Wildman–Crippen MR) is 66.8 cm³/mol. The van der Waals surface area contributed by atoms with E-state index in [0.29, 0.717) is 25.2 Å². The van der Waals surface area contributed by atoms with E-state index in [-0.39, 0.29) is 5.91 Å². The fraction of sp³-hybridized carbons (Fsp3) is 0.308. The minimum Gasteiger partial charge on any atom is -0.463 e. The van der Waals surface area contributed by atoms with Crippen LogP contribution in [0, 0.1) is 0 Å². The molecule has 0 bridgehead atoms. The van der Waals surface area contributed by atoms with Gasteiger partial charge in [0.15, 0.2) is 0 Å². The minimum atomic E-state index is -0.0251. The summed E-state index contributed by atoms with van der Waals surface area (Å²) in [6.07, 6.45) is 1.52. The third kappa shape index (κ3) is 2.17. The number of carbonyl (C=O) groups excluding carboxylic acids is 1. The van der Waals surface area contributed by atoms with E-state index in [2.05, 4.69) is 0 Å². The molecule has 2 rings (SSSR count). The van der Waals surface area contributed by atoms with Crippen molar-refractivity contribution >= 4 is 16.9 Å². The second-order valence-corrected chi connectivity index (χ2v) is 3.82. The van der Waals surface area contributed by atoms with E-state index >= 15 is 0 Å². The number of benzene rings is 1. The molecule has 4 nitrogen and oxygen atoms in total. The molecule has 1 aromatic heterocycles. The van der Waals surface area contributed by atoms with Crippen LogP contribution in [0.3, 0.4) is 0 Å². The van der Waals surface area contributed by atoms with E-state index in [4.69, 9.17) is 10.2 Å². The lowest BCUT2D eigenvalue weighted by Gasteiger charge is -2.19. The third-order valence-corrected chi connectivity index (χ3v) is 2.78. The Morgan fingerprint density at radius 2 is 2.18 bits per heavy atom. The molecule has 17 heavy (non-hydrogen) atoms. The third-order valence-electron chi connectivity index (χ3n) is 2.78. The zero-order valence-electron chi connectivity index (χ0n) is 9.85. The maximum Gasteiger partial charge on any atom is 0.257 e. The van der Waals surface area contributed by atoms with Crippen molar-refractivity contribution in [3.05, 3.63) is 36.1 Å². The Bertz CT molecular complexity index is 519. The molecule has 2 N–H and O–H groups in total. The maximum atomic E-state index is 12.3. The summed E-state index contributed by atoms with van der Waals surface area (Å²) in [4.78, 5) is 14.0. The number of nitrogens with two attached hydrogens (primary N) is 1. The minimum absolute atomic E-state index is 0.0251. The van der Waals surface area contributed by atoms with Crippen LogP contribution in [0.2, 0.25) is 0 Å². The number of likely N-dealkylation sites (N-methyl/N-ethyl adjacent to an activating group) is 1. The van der Waals surface area contributed by atoms with Gasteiger partial charge in [0.2, 0.25) is 0 Å². The Morgan fingerprint density at radius 1 is 1.41 bits per heavy atom. The number of hydrogen-bond donors (Lipinski definition) is 1. The molecule has 0 spiro atoms. The molecule has 1 heterocycles. The van der Waals surface area contributed by atoms with E-state index in [1.165, 1.54) is 6.26 Å². The topological polar surface area (TPSA) is 59.5 Å². The smallest absolute Gasteiger partial charge is 0.257 e. The van der Waals surface area contributed by atoms with Crippen molar-refractivity contribution in [1.82, 2.24) is 4.90 Å². The molecule has 0 atom stereocenters. The number of carbonyl (C=O) groups is 1. The molecule has 0 unspecified atom stereocenters. The van der Waals surface area contributed by atoms with E-state index in [1.807, 2.05) is 31.2 Å². The van der Waals surface area contributed by atoms with Gasteiger partial charge in [-0.3, -0.25) is 4.79 Å². The van der Waals surface area contributed by atoms with Gasteiger partial charge in [0.25, 0.3) is 5.91 Å². The number of nitrogens with zero attached hydrogens (tertiary/aromatic N) is 1. The molecule has 1 amide bonds. The van der Waals surface area contributed by atoms with Gasteiger partial charge in [0, 0.05) is 25.0 Å². The molecular weight excluding hydrogens is 216 g/mol. The SMILES string of the molecule is CCN(CCN)C(=O)c1coc2ccccc12. The second kappa shape index (κ2) is 5.01. The Morgan fingerprint density at radius 3 is 2.88 bits per heavy atom. The fourth-order valence-electron chi connectivity index (χ4n) is 1.87. The molecule has 0 saturated heterocycles. The number of para-hydroxylation sites is 1. The zero-order chi connectivity index (χ0) is 12.3. The summed E-state index contributed by atoms with van der Waals surface area (Å²) in [7, 11) is 0. The van der Waals surface area contributed by atoms with Gasteiger partial charge >= 0.3 is 0 Å². The molecule has 1 aromatic carbocycles. The van der Waals surface area contributed by atoms with Crippen LogP contribution >= 0.6 is 0 Å². The Labute approximate surface area is 100.0 Å². The summed E-state index contributed by atoms with van der Waals surface area (Å²) in [5, 5.41) is 0.855. The molecule has 0 aliphatic carbocycles. The van der Waals surface area contributed by atoms with Crippen molar-refractivity contribution in [1.29, 1.82) is 0 Å². The van der Waals surface area contributed by atoms with Gasteiger partial charge in [0.1, 0.15) is 11.8 Å². The number of fused-ring (bicyclic) bond motifs is 1. The van der Waals surface area contributed by atoms with E-state index in [0.717, 1.165) is 11.0 Å². The summed E-state index contributed by atoms with van der Waals surface area (Å²) in [5.74, 6) is -0.0251. The van der Waals surface area contributed by atoms with E-state index < -0.39 is 0 Å². The summed E-state index contributed by atoms with van der Waals surface area (Å²) in [6, 6.07) is 7.53.